The van der Waals surface area contributed by atoms with Crippen LogP contribution in [0.4, 0.5) is 4.79 Å². The van der Waals surface area contributed by atoms with E-state index in [2.05, 4.69) is 30.2 Å². The molecule has 1 fully saturated rings. The molecule has 0 aliphatic carbocycles. The molecule has 228 valence electrons. The minimum absolute atomic E-state index is 0.00824. The van der Waals surface area contributed by atoms with Gasteiger partial charge in [0.15, 0.2) is 11.3 Å². The van der Waals surface area contributed by atoms with Crippen LogP contribution < -0.4 is 16.4 Å². The number of amides is 1. The van der Waals surface area contributed by atoms with E-state index in [1.54, 1.807) is 10.6 Å². The number of rotatable bonds is 6. The van der Waals surface area contributed by atoms with Crippen LogP contribution in [0.25, 0.3) is 22.3 Å². The van der Waals surface area contributed by atoms with Gasteiger partial charge in [-0.3, -0.25) is 18.7 Å². The lowest BCUT2D eigenvalue weighted by Crippen LogP contribution is -2.46. The van der Waals surface area contributed by atoms with Crippen molar-refractivity contribution in [1.82, 2.24) is 39.3 Å². The van der Waals surface area contributed by atoms with Gasteiger partial charge in [0, 0.05) is 43.6 Å². The molecule has 0 aromatic carbocycles. The third-order valence-corrected chi connectivity index (χ3v) is 6.86. The van der Waals surface area contributed by atoms with Crippen LogP contribution in [0.5, 0.6) is 0 Å². The Labute approximate surface area is 248 Å². The van der Waals surface area contributed by atoms with E-state index in [-0.39, 0.29) is 29.8 Å². The number of aldehydes is 1. The number of piperidine rings is 1. The zero-order valence-corrected chi connectivity index (χ0v) is 25.2. The highest BCUT2D eigenvalue weighted by atomic mass is 16.6. The molecule has 4 aromatic rings. The molecular formula is C30H38N8O5. The zero-order valence-electron chi connectivity index (χ0n) is 25.2. The zero-order chi connectivity index (χ0) is 31.1. The van der Waals surface area contributed by atoms with Crippen molar-refractivity contribution in [3.63, 3.8) is 0 Å². The number of aryl methyl sites for hydroxylation is 2. The molecule has 1 aliphatic rings. The Morgan fingerprint density at radius 3 is 1.98 bits per heavy atom. The second-order valence-electron chi connectivity index (χ2n) is 11.5. The predicted octanol–water partition coefficient (Wildman–Crippen LogP) is 2.39. The standard InChI is InChI=1S/C20H29N5O3.C10H9N3O2/c1-14-5-6-16-18(22-14)25(17(26)13-21-16)12-11-24-9-7-15(8-10-24)23-19(27)28-20(2,3)4;1-7-2-3-8-10(12-7)13(4-5-14)9(15)6-11-8/h5-6,13,15H,7-12H2,1-4H3,(H,23,27);2-3,5-6H,4H2,1H3. The van der Waals surface area contributed by atoms with Crippen LogP contribution in [0.3, 0.4) is 0 Å². The molecule has 5 heterocycles. The van der Waals surface area contributed by atoms with E-state index >= 15 is 0 Å². The molecule has 4 aromatic heterocycles. The van der Waals surface area contributed by atoms with Gasteiger partial charge < -0.3 is 19.7 Å². The van der Waals surface area contributed by atoms with E-state index in [1.807, 2.05) is 52.8 Å². The van der Waals surface area contributed by atoms with Gasteiger partial charge in [-0.2, -0.15) is 0 Å². The van der Waals surface area contributed by atoms with Crippen LogP contribution in [-0.2, 0) is 22.6 Å². The van der Waals surface area contributed by atoms with Crippen LogP contribution in [0.15, 0.2) is 46.2 Å². The Morgan fingerprint density at radius 2 is 1.44 bits per heavy atom. The average Bonchev–Trinajstić information content (AvgIpc) is 2.94. The Bertz CT molecular complexity index is 1720. The van der Waals surface area contributed by atoms with Gasteiger partial charge in [-0.05, 0) is 71.7 Å². The summed E-state index contributed by atoms with van der Waals surface area (Å²) in [6.07, 6.45) is 4.59. The molecule has 13 heteroatoms. The molecule has 1 aliphatic heterocycles. The topological polar surface area (TPSA) is 154 Å². The van der Waals surface area contributed by atoms with Gasteiger partial charge in [-0.1, -0.05) is 0 Å². The van der Waals surface area contributed by atoms with E-state index in [0.717, 1.165) is 49.4 Å². The number of carbonyl (C=O) groups excluding carboxylic acids is 2. The molecule has 5 rings (SSSR count). The molecule has 43 heavy (non-hydrogen) atoms. The number of pyridine rings is 2. The maximum Gasteiger partial charge on any atom is 0.407 e. The highest BCUT2D eigenvalue weighted by Gasteiger charge is 2.23. The molecule has 0 spiro atoms. The largest absolute Gasteiger partial charge is 0.444 e. The molecule has 1 N–H and O–H groups in total. The minimum Gasteiger partial charge on any atom is -0.444 e. The molecular weight excluding hydrogens is 552 g/mol. The van der Waals surface area contributed by atoms with Crippen LogP contribution >= 0.6 is 0 Å². The molecule has 0 bridgehead atoms. The summed E-state index contributed by atoms with van der Waals surface area (Å²) in [5, 5.41) is 2.95. The normalized spacial score (nSPS) is 14.3. The Hall–Kier alpha value is -4.52. The first kappa shape index (κ1) is 31.4. The fourth-order valence-electron chi connectivity index (χ4n) is 4.75. The summed E-state index contributed by atoms with van der Waals surface area (Å²) in [6, 6.07) is 7.50. The summed E-state index contributed by atoms with van der Waals surface area (Å²) in [5.74, 6) is 0. The van der Waals surface area contributed by atoms with Crippen molar-refractivity contribution in [2.45, 2.75) is 72.2 Å². The van der Waals surface area contributed by atoms with Crippen LogP contribution in [0, 0.1) is 13.8 Å². The van der Waals surface area contributed by atoms with Crippen molar-refractivity contribution >= 4 is 34.7 Å². The van der Waals surface area contributed by atoms with Crippen molar-refractivity contribution in [2.75, 3.05) is 19.6 Å². The molecule has 1 saturated heterocycles. The first-order chi connectivity index (χ1) is 20.4. The third kappa shape index (κ3) is 8.51. The quantitative estimate of drug-likeness (QED) is 0.331. The van der Waals surface area contributed by atoms with Gasteiger partial charge in [-0.25, -0.2) is 24.7 Å². The molecule has 13 nitrogen and oxygen atoms in total. The second-order valence-corrected chi connectivity index (χ2v) is 11.5. The molecule has 1 amide bonds. The van der Waals surface area contributed by atoms with Gasteiger partial charge in [0.2, 0.25) is 0 Å². The van der Waals surface area contributed by atoms with Gasteiger partial charge in [-0.15, -0.1) is 0 Å². The lowest BCUT2D eigenvalue weighted by atomic mass is 10.1. The second kappa shape index (κ2) is 13.6. The van der Waals surface area contributed by atoms with Crippen molar-refractivity contribution in [3.8, 4) is 0 Å². The lowest BCUT2D eigenvalue weighted by molar-refractivity contribution is -0.108. The average molecular weight is 591 g/mol. The number of fused-ring (bicyclic) bond motifs is 2. The number of ether oxygens (including phenoxy) is 1. The summed E-state index contributed by atoms with van der Waals surface area (Å²) in [5.41, 5.74) is 3.14. The lowest BCUT2D eigenvalue weighted by Gasteiger charge is -2.32. The number of hydrogen-bond donors (Lipinski definition) is 1. The highest BCUT2D eigenvalue weighted by Crippen LogP contribution is 2.14. The number of aromatic nitrogens is 6. The summed E-state index contributed by atoms with van der Waals surface area (Å²) in [7, 11) is 0. The van der Waals surface area contributed by atoms with Gasteiger partial charge in [0.05, 0.1) is 18.9 Å². The Morgan fingerprint density at radius 1 is 0.907 bits per heavy atom. The number of hydrogen-bond acceptors (Lipinski definition) is 10. The molecule has 0 atom stereocenters. The number of nitrogens with one attached hydrogen (secondary N) is 1. The number of alkyl carbamates (subject to hydrolysis) is 1. The Kier molecular flexibility index (Phi) is 9.96. The maximum atomic E-state index is 12.3. The molecule has 0 radical (unpaired) electrons. The predicted molar refractivity (Wildman–Crippen MR) is 162 cm³/mol. The fourth-order valence-corrected chi connectivity index (χ4v) is 4.75. The van der Waals surface area contributed by atoms with Gasteiger partial charge in [0.1, 0.15) is 22.9 Å². The SMILES string of the molecule is Cc1ccc2ncc(=O)n(CC=O)c2n1.Cc1ccc2ncc(=O)n(CCN3CCC(NC(=O)OC(C)(C)C)CC3)c2n1. The van der Waals surface area contributed by atoms with Crippen LogP contribution in [0.1, 0.15) is 45.0 Å². The fraction of sp³-hybridized carbons (Fsp3) is 0.467. The maximum absolute atomic E-state index is 12.3. The summed E-state index contributed by atoms with van der Waals surface area (Å²) in [4.78, 5) is 65.2. The Balaban J connectivity index is 0.000000237. The van der Waals surface area contributed by atoms with E-state index < -0.39 is 5.60 Å². The summed E-state index contributed by atoms with van der Waals surface area (Å²) >= 11 is 0. The van der Waals surface area contributed by atoms with Gasteiger partial charge >= 0.3 is 6.09 Å². The van der Waals surface area contributed by atoms with E-state index in [1.165, 1.54) is 17.0 Å². The van der Waals surface area contributed by atoms with Crippen molar-refractivity contribution < 1.29 is 14.3 Å². The van der Waals surface area contributed by atoms with E-state index in [0.29, 0.717) is 29.6 Å². The number of likely N-dealkylation sites (tertiary alicyclic amines) is 1. The summed E-state index contributed by atoms with van der Waals surface area (Å²) in [6.45, 7) is 12.4. The van der Waals surface area contributed by atoms with Gasteiger partial charge in [0.25, 0.3) is 11.1 Å². The van der Waals surface area contributed by atoms with E-state index in [9.17, 15) is 19.2 Å². The first-order valence-corrected chi connectivity index (χ1v) is 14.3. The number of carbonyl (C=O) groups is 2. The monoisotopic (exact) mass is 590 g/mol. The summed E-state index contributed by atoms with van der Waals surface area (Å²) < 4.78 is 8.32. The first-order valence-electron chi connectivity index (χ1n) is 14.3. The highest BCUT2D eigenvalue weighted by molar-refractivity contribution is 5.71. The smallest absolute Gasteiger partial charge is 0.407 e. The molecule has 0 unspecified atom stereocenters. The van der Waals surface area contributed by atoms with Crippen LogP contribution in [0.2, 0.25) is 0 Å². The third-order valence-electron chi connectivity index (χ3n) is 6.86. The van der Waals surface area contributed by atoms with E-state index in [4.69, 9.17) is 4.74 Å². The van der Waals surface area contributed by atoms with Crippen molar-refractivity contribution in [1.29, 1.82) is 0 Å². The van der Waals surface area contributed by atoms with Crippen LogP contribution in [-0.4, -0.2) is 77.6 Å². The van der Waals surface area contributed by atoms with Crippen molar-refractivity contribution in [3.05, 3.63) is 68.8 Å². The van der Waals surface area contributed by atoms with Crippen molar-refractivity contribution in [2.24, 2.45) is 0 Å². The number of nitrogens with zero attached hydrogens (tertiary/aromatic N) is 7. The molecule has 0 saturated carbocycles. The minimum atomic E-state index is -0.488.